The van der Waals surface area contributed by atoms with Crippen LogP contribution in [0.2, 0.25) is 0 Å². The zero-order valence-corrected chi connectivity index (χ0v) is 15.8. The Hall–Kier alpha value is -1.93. The highest BCUT2D eigenvalue weighted by Crippen LogP contribution is 2.33. The topological polar surface area (TPSA) is 75.2 Å². The first-order valence-corrected chi connectivity index (χ1v) is 10.0. The van der Waals surface area contributed by atoms with Crippen molar-refractivity contribution in [3.8, 4) is 0 Å². The van der Waals surface area contributed by atoms with Gasteiger partial charge in [0.2, 0.25) is 16.9 Å². The molecule has 2 aromatic rings. The molecule has 2 amide bonds. The van der Waals surface area contributed by atoms with Gasteiger partial charge in [-0.25, -0.2) is 0 Å². The number of thioether (sulfide) groups is 1. The second-order valence-corrected chi connectivity index (χ2v) is 8.11. The number of anilines is 2. The average Bonchev–Trinajstić information content (AvgIpc) is 3.16. The summed E-state index contributed by atoms with van der Waals surface area (Å²) in [6.07, 6.45) is 2.14. The quantitative estimate of drug-likeness (QED) is 0.618. The number of hydrogen-bond acceptors (Lipinski definition) is 6. The van der Waals surface area contributed by atoms with Gasteiger partial charge >= 0.3 is 0 Å². The van der Waals surface area contributed by atoms with Gasteiger partial charge in [-0.3, -0.25) is 9.59 Å². The van der Waals surface area contributed by atoms with Crippen LogP contribution in [0.1, 0.15) is 32.3 Å². The molecule has 8 heteroatoms. The minimum atomic E-state index is -0.0613. The van der Waals surface area contributed by atoms with Crippen LogP contribution in [0, 0.1) is 0 Å². The van der Waals surface area contributed by atoms with Crippen LogP contribution >= 0.6 is 23.1 Å². The molecular weight excluding hydrogens is 356 g/mol. The summed E-state index contributed by atoms with van der Waals surface area (Å²) in [6.45, 7) is 4.01. The number of carbonyl (C=O) groups is 2. The van der Waals surface area contributed by atoms with Gasteiger partial charge < -0.3 is 10.2 Å². The van der Waals surface area contributed by atoms with Gasteiger partial charge in [0, 0.05) is 18.2 Å². The van der Waals surface area contributed by atoms with Gasteiger partial charge in [0.05, 0.1) is 5.75 Å². The zero-order chi connectivity index (χ0) is 17.8. The van der Waals surface area contributed by atoms with Gasteiger partial charge in [-0.1, -0.05) is 48.2 Å². The molecule has 1 atom stereocenters. The van der Waals surface area contributed by atoms with Crippen molar-refractivity contribution < 1.29 is 9.59 Å². The van der Waals surface area contributed by atoms with Crippen LogP contribution in [-0.4, -0.2) is 33.8 Å². The number of carbonyl (C=O) groups excluding carboxylic acids is 2. The Morgan fingerprint density at radius 2 is 2.16 bits per heavy atom. The highest BCUT2D eigenvalue weighted by Gasteiger charge is 2.30. The van der Waals surface area contributed by atoms with Crippen LogP contribution in [0.3, 0.4) is 0 Å². The van der Waals surface area contributed by atoms with Crippen molar-refractivity contribution in [3.63, 3.8) is 0 Å². The zero-order valence-electron chi connectivity index (χ0n) is 14.2. The van der Waals surface area contributed by atoms with E-state index in [0.29, 0.717) is 21.6 Å². The molecule has 1 aliphatic heterocycles. The summed E-state index contributed by atoms with van der Waals surface area (Å²) in [4.78, 5) is 26.1. The average molecular weight is 377 g/mol. The lowest BCUT2D eigenvalue weighted by Gasteiger charge is -2.22. The van der Waals surface area contributed by atoms with Crippen molar-refractivity contribution in [2.45, 2.75) is 43.5 Å². The number of benzene rings is 1. The van der Waals surface area contributed by atoms with Crippen molar-refractivity contribution >= 4 is 45.7 Å². The van der Waals surface area contributed by atoms with Gasteiger partial charge in [0.25, 0.3) is 0 Å². The van der Waals surface area contributed by atoms with Crippen LogP contribution in [0.4, 0.5) is 10.8 Å². The summed E-state index contributed by atoms with van der Waals surface area (Å²) in [5, 5.41) is 11.2. The maximum Gasteiger partial charge on any atom is 0.237 e. The van der Waals surface area contributed by atoms with Gasteiger partial charge in [0.1, 0.15) is 0 Å². The lowest BCUT2D eigenvalue weighted by atomic mass is 10.1. The van der Waals surface area contributed by atoms with Crippen LogP contribution in [0.5, 0.6) is 0 Å². The summed E-state index contributed by atoms with van der Waals surface area (Å²) in [6, 6.07) is 8.20. The molecule has 0 spiro atoms. The number of rotatable bonds is 6. The molecule has 1 aromatic heterocycles. The largest absolute Gasteiger partial charge is 0.308 e. The third-order valence-electron chi connectivity index (χ3n) is 3.92. The number of aromatic nitrogens is 2. The third kappa shape index (κ3) is 4.19. The maximum absolute atomic E-state index is 12.7. The van der Waals surface area contributed by atoms with E-state index in [1.807, 2.05) is 30.0 Å². The predicted molar refractivity (Wildman–Crippen MR) is 101 cm³/mol. The Kier molecular flexibility index (Phi) is 5.70. The summed E-state index contributed by atoms with van der Waals surface area (Å²) in [5.41, 5.74) is 2.22. The van der Waals surface area contributed by atoms with E-state index in [1.54, 1.807) is 0 Å². The molecule has 132 valence electrons. The molecule has 6 nitrogen and oxygen atoms in total. The van der Waals surface area contributed by atoms with Crippen molar-refractivity contribution in [1.29, 1.82) is 0 Å². The Bertz CT molecular complexity index is 778. The van der Waals surface area contributed by atoms with Crippen molar-refractivity contribution in [1.82, 2.24) is 10.2 Å². The van der Waals surface area contributed by atoms with E-state index < -0.39 is 0 Å². The van der Waals surface area contributed by atoms with E-state index in [1.165, 1.54) is 28.7 Å². The van der Waals surface area contributed by atoms with E-state index in [0.717, 1.165) is 18.5 Å². The Morgan fingerprint density at radius 3 is 2.96 bits per heavy atom. The van der Waals surface area contributed by atoms with Gasteiger partial charge in [-0.05, 0) is 31.4 Å². The standard InChI is InChI=1S/C17H20N4O2S2/c1-3-6-14(22)18-16-19-20-17(25-16)24-10-15(23)21-11(2)9-12-7-4-5-8-13(12)21/h4-5,7-8,11H,3,6,9-10H2,1-2H3,(H,18,19,22)/t11-/m1/s1. The van der Waals surface area contributed by atoms with Crippen molar-refractivity contribution in [2.75, 3.05) is 16.0 Å². The summed E-state index contributed by atoms with van der Waals surface area (Å²) < 4.78 is 0.681. The minimum absolute atomic E-state index is 0.0613. The molecule has 25 heavy (non-hydrogen) atoms. The highest BCUT2D eigenvalue weighted by molar-refractivity contribution is 8.01. The molecular formula is C17H20N4O2S2. The molecule has 2 heterocycles. The lowest BCUT2D eigenvalue weighted by molar-refractivity contribution is -0.117. The van der Waals surface area contributed by atoms with Crippen LogP contribution in [-0.2, 0) is 16.0 Å². The Balaban J connectivity index is 1.58. The molecule has 1 aromatic carbocycles. The highest BCUT2D eigenvalue weighted by atomic mass is 32.2. The summed E-state index contributed by atoms with van der Waals surface area (Å²) in [5.74, 6) is 0.305. The van der Waals surface area contributed by atoms with E-state index in [4.69, 9.17) is 0 Å². The van der Waals surface area contributed by atoms with Gasteiger partial charge in [-0.2, -0.15) is 0 Å². The maximum atomic E-state index is 12.7. The molecule has 0 saturated carbocycles. The first kappa shape index (κ1) is 17.9. The summed E-state index contributed by atoms with van der Waals surface area (Å²) in [7, 11) is 0. The second-order valence-electron chi connectivity index (χ2n) is 5.91. The molecule has 0 bridgehead atoms. The molecule has 0 fully saturated rings. The molecule has 3 rings (SSSR count). The number of hydrogen-bond donors (Lipinski definition) is 1. The fraction of sp³-hybridized carbons (Fsp3) is 0.412. The molecule has 1 N–H and O–H groups in total. The van der Waals surface area contributed by atoms with Crippen molar-refractivity contribution in [3.05, 3.63) is 29.8 Å². The number of nitrogens with zero attached hydrogens (tertiary/aromatic N) is 3. The molecule has 0 saturated heterocycles. The Morgan fingerprint density at radius 1 is 1.36 bits per heavy atom. The fourth-order valence-electron chi connectivity index (χ4n) is 2.87. The van der Waals surface area contributed by atoms with E-state index >= 15 is 0 Å². The molecule has 0 unspecified atom stereocenters. The summed E-state index contributed by atoms with van der Waals surface area (Å²) >= 11 is 2.65. The van der Waals surface area contributed by atoms with E-state index in [9.17, 15) is 9.59 Å². The predicted octanol–water partition coefficient (Wildman–Crippen LogP) is 3.35. The van der Waals surface area contributed by atoms with Crippen LogP contribution in [0.15, 0.2) is 28.6 Å². The Labute approximate surface area is 155 Å². The normalized spacial score (nSPS) is 15.9. The molecule has 0 aliphatic carbocycles. The van der Waals surface area contributed by atoms with E-state index in [-0.39, 0.29) is 17.9 Å². The monoisotopic (exact) mass is 376 g/mol. The van der Waals surface area contributed by atoms with Crippen molar-refractivity contribution in [2.24, 2.45) is 0 Å². The fourth-order valence-corrected chi connectivity index (χ4v) is 4.49. The SMILES string of the molecule is CCCC(=O)Nc1nnc(SCC(=O)N2c3ccccc3C[C@H]2C)s1. The number of amides is 2. The lowest BCUT2D eigenvalue weighted by Crippen LogP contribution is -2.36. The van der Waals surface area contributed by atoms with Crippen LogP contribution in [0.25, 0.3) is 0 Å². The first-order valence-electron chi connectivity index (χ1n) is 8.24. The number of fused-ring (bicyclic) bond motifs is 1. The van der Waals surface area contributed by atoms with Crippen LogP contribution < -0.4 is 10.2 Å². The van der Waals surface area contributed by atoms with Gasteiger partial charge in [-0.15, -0.1) is 10.2 Å². The second kappa shape index (κ2) is 7.97. The van der Waals surface area contributed by atoms with E-state index in [2.05, 4.69) is 28.5 Å². The minimum Gasteiger partial charge on any atom is -0.308 e. The smallest absolute Gasteiger partial charge is 0.237 e. The number of para-hydroxylation sites is 1. The molecule has 0 radical (unpaired) electrons. The first-order chi connectivity index (χ1) is 12.1. The third-order valence-corrected chi connectivity index (χ3v) is 5.88. The van der Waals surface area contributed by atoms with Gasteiger partial charge in [0.15, 0.2) is 4.34 Å². The molecule has 1 aliphatic rings. The number of nitrogens with one attached hydrogen (secondary N) is 1.